The average Bonchev–Trinajstić information content (AvgIpc) is 3.26. The summed E-state index contributed by atoms with van der Waals surface area (Å²) in [5.41, 5.74) is 1.34. The predicted octanol–water partition coefficient (Wildman–Crippen LogP) is 4.49. The van der Waals surface area contributed by atoms with E-state index in [4.69, 9.17) is 9.73 Å². The number of rotatable bonds is 8. The van der Waals surface area contributed by atoms with E-state index in [0.29, 0.717) is 24.1 Å². The summed E-state index contributed by atoms with van der Waals surface area (Å²) in [6.45, 7) is 3.71. The molecule has 0 bridgehead atoms. The van der Waals surface area contributed by atoms with Crippen LogP contribution in [0.5, 0.6) is 0 Å². The van der Waals surface area contributed by atoms with Gasteiger partial charge in [0.05, 0.1) is 18.0 Å². The molecule has 34 heavy (non-hydrogen) atoms. The van der Waals surface area contributed by atoms with E-state index >= 15 is 0 Å². The third-order valence-electron chi connectivity index (χ3n) is 5.90. The van der Waals surface area contributed by atoms with Gasteiger partial charge in [-0.15, -0.1) is 0 Å². The summed E-state index contributed by atoms with van der Waals surface area (Å²) in [5.74, 6) is -0.702. The zero-order valence-electron chi connectivity index (χ0n) is 19.3. The molecule has 1 heterocycles. The van der Waals surface area contributed by atoms with Crippen LogP contribution >= 0.6 is 0 Å². The van der Waals surface area contributed by atoms with Crippen molar-refractivity contribution in [3.05, 3.63) is 102 Å². The summed E-state index contributed by atoms with van der Waals surface area (Å²) in [4.78, 5) is 18.4. The fourth-order valence-corrected chi connectivity index (χ4v) is 5.76. The number of aryl methyl sites for hydroxylation is 2. The maximum atomic E-state index is 13.9. The molecular formula is C27H28N2O4S. The zero-order chi connectivity index (χ0) is 24.2. The van der Waals surface area contributed by atoms with Crippen LogP contribution in [0.1, 0.15) is 30.0 Å². The van der Waals surface area contributed by atoms with Gasteiger partial charge in [0.1, 0.15) is 0 Å². The molecule has 1 atom stereocenters. The summed E-state index contributed by atoms with van der Waals surface area (Å²) in [6, 6.07) is 25.3. The quantitative estimate of drug-likeness (QED) is 0.449. The highest BCUT2D eigenvalue weighted by molar-refractivity contribution is 7.89. The standard InChI is InChI=1S/C27H28N2O4S/c1-3-33-26(30)27(23-12-8-5-9-13-23)28-24(17-16-22-10-6-4-7-11-22)20-29(27)34(31,32)25-18-14-21(2)15-19-25/h4-15,18-19H,3,16-17,20H2,1-2H3. The van der Waals surface area contributed by atoms with E-state index < -0.39 is 21.7 Å². The van der Waals surface area contributed by atoms with Crippen LogP contribution in [0.25, 0.3) is 0 Å². The first-order chi connectivity index (χ1) is 16.4. The summed E-state index contributed by atoms with van der Waals surface area (Å²) < 4.78 is 34.4. The van der Waals surface area contributed by atoms with Crippen LogP contribution in [-0.4, -0.2) is 37.6 Å². The van der Waals surface area contributed by atoms with Crippen LogP contribution in [0.2, 0.25) is 0 Å². The first-order valence-electron chi connectivity index (χ1n) is 11.3. The molecule has 1 aliphatic rings. The Hall–Kier alpha value is -3.29. The third kappa shape index (κ3) is 4.54. The molecule has 0 aliphatic carbocycles. The highest BCUT2D eigenvalue weighted by Gasteiger charge is 2.56. The fraction of sp³-hybridized carbons (Fsp3) is 0.259. The van der Waals surface area contributed by atoms with Crippen molar-refractivity contribution in [3.8, 4) is 0 Å². The number of carbonyl (C=O) groups excluding carboxylic acids is 1. The Balaban J connectivity index is 1.82. The van der Waals surface area contributed by atoms with E-state index in [1.807, 2.05) is 43.3 Å². The summed E-state index contributed by atoms with van der Waals surface area (Å²) in [7, 11) is -4.07. The van der Waals surface area contributed by atoms with Gasteiger partial charge in [-0.2, -0.15) is 4.31 Å². The smallest absolute Gasteiger partial charge is 0.355 e. The highest BCUT2D eigenvalue weighted by Crippen LogP contribution is 2.40. The molecule has 1 unspecified atom stereocenters. The fourth-order valence-electron chi connectivity index (χ4n) is 4.14. The van der Waals surface area contributed by atoms with Gasteiger partial charge in [-0.3, -0.25) is 4.99 Å². The number of hydrogen-bond donors (Lipinski definition) is 0. The second-order valence-corrected chi connectivity index (χ2v) is 10.1. The second-order valence-electron chi connectivity index (χ2n) is 8.25. The lowest BCUT2D eigenvalue weighted by molar-refractivity contribution is -0.154. The van der Waals surface area contributed by atoms with Gasteiger partial charge in [0.15, 0.2) is 0 Å². The number of carbonyl (C=O) groups is 1. The molecule has 6 nitrogen and oxygen atoms in total. The largest absolute Gasteiger partial charge is 0.463 e. The molecule has 0 N–H and O–H groups in total. The van der Waals surface area contributed by atoms with Crippen molar-refractivity contribution in [3.63, 3.8) is 0 Å². The molecule has 0 radical (unpaired) electrons. The van der Waals surface area contributed by atoms with E-state index in [9.17, 15) is 13.2 Å². The van der Waals surface area contributed by atoms with Crippen molar-refractivity contribution in [1.29, 1.82) is 0 Å². The molecular weight excluding hydrogens is 448 g/mol. The van der Waals surface area contributed by atoms with Gasteiger partial charge < -0.3 is 4.74 Å². The summed E-state index contributed by atoms with van der Waals surface area (Å²) >= 11 is 0. The van der Waals surface area contributed by atoms with Gasteiger partial charge >= 0.3 is 5.97 Å². The molecule has 7 heteroatoms. The lowest BCUT2D eigenvalue weighted by Gasteiger charge is -2.33. The number of esters is 1. The Kier molecular flexibility index (Phi) is 6.95. The van der Waals surface area contributed by atoms with Crippen molar-refractivity contribution < 1.29 is 17.9 Å². The maximum Gasteiger partial charge on any atom is 0.355 e. The highest BCUT2D eigenvalue weighted by atomic mass is 32.2. The normalized spacial score (nSPS) is 18.5. The number of sulfonamides is 1. The van der Waals surface area contributed by atoms with Gasteiger partial charge in [-0.05, 0) is 44.4 Å². The molecule has 3 aromatic rings. The molecule has 3 aromatic carbocycles. The van der Waals surface area contributed by atoms with E-state index in [2.05, 4.69) is 0 Å². The summed E-state index contributed by atoms with van der Waals surface area (Å²) in [6.07, 6.45) is 1.21. The lowest BCUT2D eigenvalue weighted by atomic mass is 10.0. The van der Waals surface area contributed by atoms with Gasteiger partial charge in [0, 0.05) is 11.3 Å². The Morgan fingerprint density at radius 3 is 2.18 bits per heavy atom. The first kappa shape index (κ1) is 23.9. The minimum absolute atomic E-state index is 0.0107. The van der Waals surface area contributed by atoms with Crippen LogP contribution in [-0.2, 0) is 31.6 Å². The monoisotopic (exact) mass is 476 g/mol. The van der Waals surface area contributed by atoms with Crippen molar-refractivity contribution in [1.82, 2.24) is 4.31 Å². The molecule has 0 aromatic heterocycles. The van der Waals surface area contributed by atoms with E-state index in [-0.39, 0.29) is 18.0 Å². The maximum absolute atomic E-state index is 13.9. The number of ether oxygens (including phenoxy) is 1. The Labute approximate surface area is 201 Å². The molecule has 176 valence electrons. The summed E-state index contributed by atoms with van der Waals surface area (Å²) in [5, 5.41) is 0. The molecule has 0 saturated heterocycles. The minimum atomic E-state index is -4.07. The molecule has 1 aliphatic heterocycles. The molecule has 0 amide bonds. The minimum Gasteiger partial charge on any atom is -0.463 e. The van der Waals surface area contributed by atoms with Crippen LogP contribution in [0.4, 0.5) is 0 Å². The number of aliphatic imine (C=N–C) groups is 1. The SMILES string of the molecule is CCOC(=O)C1(c2ccccc2)N=C(CCc2ccccc2)CN1S(=O)(=O)c1ccc(C)cc1. The predicted molar refractivity (Wildman–Crippen MR) is 132 cm³/mol. The number of hydrogen-bond acceptors (Lipinski definition) is 5. The van der Waals surface area contributed by atoms with Gasteiger partial charge in [0.2, 0.25) is 10.0 Å². The van der Waals surface area contributed by atoms with Gasteiger partial charge in [0.25, 0.3) is 5.66 Å². The first-order valence-corrected chi connectivity index (χ1v) is 12.8. The molecule has 0 fully saturated rings. The topological polar surface area (TPSA) is 76.0 Å². The van der Waals surface area contributed by atoms with Crippen molar-refractivity contribution in [2.24, 2.45) is 4.99 Å². The van der Waals surface area contributed by atoms with Crippen LogP contribution in [0.15, 0.2) is 94.8 Å². The Bertz CT molecular complexity index is 1270. The van der Waals surface area contributed by atoms with Crippen molar-refractivity contribution in [2.75, 3.05) is 13.2 Å². The third-order valence-corrected chi connectivity index (χ3v) is 7.74. The Morgan fingerprint density at radius 2 is 1.56 bits per heavy atom. The van der Waals surface area contributed by atoms with Crippen molar-refractivity contribution in [2.45, 2.75) is 37.2 Å². The number of benzene rings is 3. The van der Waals surface area contributed by atoms with E-state index in [1.165, 1.54) is 4.31 Å². The molecule has 4 rings (SSSR count). The average molecular weight is 477 g/mol. The van der Waals surface area contributed by atoms with Crippen molar-refractivity contribution >= 4 is 21.7 Å². The van der Waals surface area contributed by atoms with Gasteiger partial charge in [-0.25, -0.2) is 13.2 Å². The number of nitrogens with zero attached hydrogens (tertiary/aromatic N) is 2. The Morgan fingerprint density at radius 1 is 0.941 bits per heavy atom. The van der Waals surface area contributed by atoms with E-state index in [0.717, 1.165) is 11.1 Å². The zero-order valence-corrected chi connectivity index (χ0v) is 20.2. The molecule has 0 spiro atoms. The van der Waals surface area contributed by atoms with Crippen LogP contribution in [0, 0.1) is 6.92 Å². The van der Waals surface area contributed by atoms with Crippen LogP contribution in [0.3, 0.4) is 0 Å². The van der Waals surface area contributed by atoms with Crippen LogP contribution < -0.4 is 0 Å². The van der Waals surface area contributed by atoms with E-state index in [1.54, 1.807) is 55.5 Å². The van der Waals surface area contributed by atoms with Gasteiger partial charge in [-0.1, -0.05) is 78.4 Å². The molecule has 0 saturated carbocycles. The lowest BCUT2D eigenvalue weighted by Crippen LogP contribution is -2.51. The second kappa shape index (κ2) is 9.91.